The second-order valence-electron chi connectivity index (χ2n) is 7.72. The molecule has 3 aromatic rings. The minimum atomic E-state index is -0.968. The van der Waals surface area contributed by atoms with Crippen LogP contribution in [-0.4, -0.2) is 42.8 Å². The van der Waals surface area contributed by atoms with Crippen LogP contribution in [0.3, 0.4) is 0 Å². The van der Waals surface area contributed by atoms with Crippen molar-refractivity contribution in [2.75, 3.05) is 20.8 Å². The number of rotatable bonds is 10. The highest BCUT2D eigenvalue weighted by Crippen LogP contribution is 2.43. The van der Waals surface area contributed by atoms with Crippen LogP contribution < -0.4 is 14.8 Å². The zero-order chi connectivity index (χ0) is 24.5. The molecule has 0 aliphatic rings. The Balaban J connectivity index is 2.04. The number of carboxylic acids is 1. The van der Waals surface area contributed by atoms with Crippen molar-refractivity contribution in [3.8, 4) is 22.6 Å². The average molecular weight is 463 g/mol. The Morgan fingerprint density at radius 1 is 0.971 bits per heavy atom. The normalized spacial score (nSPS) is 10.4. The van der Waals surface area contributed by atoms with E-state index >= 15 is 0 Å². The van der Waals surface area contributed by atoms with Crippen LogP contribution in [0.5, 0.6) is 11.5 Å². The van der Waals surface area contributed by atoms with Crippen LogP contribution in [-0.2, 0) is 24.3 Å². The number of carbonyl (C=O) groups is 2. The van der Waals surface area contributed by atoms with Crippen LogP contribution in [0, 0.1) is 0 Å². The van der Waals surface area contributed by atoms with E-state index in [1.54, 1.807) is 18.1 Å². The van der Waals surface area contributed by atoms with E-state index in [0.29, 0.717) is 41.3 Å². The molecule has 0 saturated heterocycles. The largest absolute Gasteiger partial charge is 0.493 e. The van der Waals surface area contributed by atoms with Gasteiger partial charge in [0.2, 0.25) is 0 Å². The summed E-state index contributed by atoms with van der Waals surface area (Å²) in [6.45, 7) is 2.94. The standard InChI is InChI=1S/C27H30N2O5/c1-4-29(27(32)28-17-19-11-7-5-8-12-19)18-22-21(16-24(30)31)15-23(33-2)26(34-3)25(22)20-13-9-6-10-14-20/h5-15H,4,16-18H2,1-3H3,(H,28,32)(H,30,31). The Hall–Kier alpha value is -4.00. The van der Waals surface area contributed by atoms with Gasteiger partial charge < -0.3 is 24.8 Å². The van der Waals surface area contributed by atoms with Gasteiger partial charge in [-0.1, -0.05) is 60.7 Å². The molecule has 0 unspecified atom stereocenters. The van der Waals surface area contributed by atoms with Gasteiger partial charge in [0.1, 0.15) is 0 Å². The number of nitrogens with zero attached hydrogens (tertiary/aromatic N) is 1. The van der Waals surface area contributed by atoms with Crippen LogP contribution in [0.1, 0.15) is 23.6 Å². The van der Waals surface area contributed by atoms with E-state index in [4.69, 9.17) is 9.47 Å². The molecular weight excluding hydrogens is 432 g/mol. The van der Waals surface area contributed by atoms with E-state index in [1.165, 1.54) is 7.11 Å². The number of aliphatic carboxylic acids is 1. The number of benzene rings is 3. The zero-order valence-corrected chi connectivity index (χ0v) is 19.7. The molecule has 178 valence electrons. The summed E-state index contributed by atoms with van der Waals surface area (Å²) in [5.74, 6) is -0.0272. The minimum Gasteiger partial charge on any atom is -0.493 e. The molecule has 0 bridgehead atoms. The van der Waals surface area contributed by atoms with Gasteiger partial charge >= 0.3 is 12.0 Å². The molecule has 0 saturated carbocycles. The predicted octanol–water partition coefficient (Wildman–Crippen LogP) is 4.73. The Morgan fingerprint density at radius 2 is 1.62 bits per heavy atom. The molecule has 0 fully saturated rings. The Kier molecular flexibility index (Phi) is 8.51. The fraction of sp³-hybridized carbons (Fsp3) is 0.259. The Bertz CT molecular complexity index is 1120. The van der Waals surface area contributed by atoms with Gasteiger partial charge in [0.05, 0.1) is 20.6 Å². The highest BCUT2D eigenvalue weighted by Gasteiger charge is 2.25. The third kappa shape index (κ3) is 5.86. The van der Waals surface area contributed by atoms with Gasteiger partial charge in [-0.15, -0.1) is 0 Å². The van der Waals surface area contributed by atoms with E-state index in [9.17, 15) is 14.7 Å². The molecule has 0 aliphatic heterocycles. The SMILES string of the molecule is CCN(Cc1c(CC(=O)O)cc(OC)c(OC)c1-c1ccccc1)C(=O)NCc1ccccc1. The molecule has 0 spiro atoms. The van der Waals surface area contributed by atoms with Gasteiger partial charge in [-0.2, -0.15) is 0 Å². The number of ether oxygens (including phenoxy) is 2. The van der Waals surface area contributed by atoms with Gasteiger partial charge in [-0.3, -0.25) is 4.79 Å². The fourth-order valence-electron chi connectivity index (χ4n) is 3.90. The smallest absolute Gasteiger partial charge is 0.317 e. The number of amides is 2. The monoisotopic (exact) mass is 462 g/mol. The molecule has 0 heterocycles. The van der Waals surface area contributed by atoms with Crippen molar-refractivity contribution >= 4 is 12.0 Å². The van der Waals surface area contributed by atoms with Crippen molar-refractivity contribution in [1.82, 2.24) is 10.2 Å². The van der Waals surface area contributed by atoms with Crippen LogP contribution >= 0.6 is 0 Å². The maximum atomic E-state index is 13.1. The van der Waals surface area contributed by atoms with Crippen molar-refractivity contribution in [1.29, 1.82) is 0 Å². The van der Waals surface area contributed by atoms with Crippen molar-refractivity contribution < 1.29 is 24.2 Å². The highest BCUT2D eigenvalue weighted by atomic mass is 16.5. The van der Waals surface area contributed by atoms with Crippen molar-refractivity contribution in [2.45, 2.75) is 26.4 Å². The van der Waals surface area contributed by atoms with E-state index in [0.717, 1.165) is 11.1 Å². The van der Waals surface area contributed by atoms with E-state index in [-0.39, 0.29) is 19.0 Å². The van der Waals surface area contributed by atoms with Crippen LogP contribution in [0.15, 0.2) is 66.7 Å². The maximum absolute atomic E-state index is 13.1. The summed E-state index contributed by atoms with van der Waals surface area (Å²) in [6.07, 6.45) is -0.210. The number of carboxylic acid groups (broad SMARTS) is 1. The number of nitrogens with one attached hydrogen (secondary N) is 1. The van der Waals surface area contributed by atoms with Gasteiger partial charge in [0.15, 0.2) is 11.5 Å². The first kappa shape index (κ1) is 24.6. The topological polar surface area (TPSA) is 88.1 Å². The van der Waals surface area contributed by atoms with Crippen LogP contribution in [0.2, 0.25) is 0 Å². The summed E-state index contributed by atoms with van der Waals surface area (Å²) in [5, 5.41) is 12.5. The Labute approximate surface area is 199 Å². The molecule has 7 nitrogen and oxygen atoms in total. The first-order valence-corrected chi connectivity index (χ1v) is 11.1. The van der Waals surface area contributed by atoms with Gasteiger partial charge in [0.25, 0.3) is 0 Å². The molecule has 7 heteroatoms. The number of urea groups is 1. The fourth-order valence-corrected chi connectivity index (χ4v) is 3.90. The van der Waals surface area contributed by atoms with E-state index in [2.05, 4.69) is 5.32 Å². The first-order chi connectivity index (χ1) is 16.5. The molecule has 2 N–H and O–H groups in total. The lowest BCUT2D eigenvalue weighted by Gasteiger charge is -2.26. The third-order valence-electron chi connectivity index (χ3n) is 5.58. The highest BCUT2D eigenvalue weighted by molar-refractivity contribution is 5.82. The van der Waals surface area contributed by atoms with Crippen molar-refractivity contribution in [3.05, 3.63) is 83.4 Å². The van der Waals surface area contributed by atoms with E-state index in [1.807, 2.05) is 67.6 Å². The van der Waals surface area contributed by atoms with E-state index < -0.39 is 5.97 Å². The minimum absolute atomic E-state index is 0.210. The lowest BCUT2D eigenvalue weighted by molar-refractivity contribution is -0.136. The second-order valence-corrected chi connectivity index (χ2v) is 7.72. The molecular formula is C27H30N2O5. The van der Waals surface area contributed by atoms with Crippen LogP contribution in [0.4, 0.5) is 4.79 Å². The average Bonchev–Trinajstić information content (AvgIpc) is 2.86. The molecule has 0 aliphatic carbocycles. The van der Waals surface area contributed by atoms with Crippen molar-refractivity contribution in [3.63, 3.8) is 0 Å². The maximum Gasteiger partial charge on any atom is 0.317 e. The lowest BCUT2D eigenvalue weighted by Crippen LogP contribution is -2.39. The summed E-state index contributed by atoms with van der Waals surface area (Å²) in [7, 11) is 3.07. The molecule has 3 aromatic carbocycles. The van der Waals surface area contributed by atoms with Crippen LogP contribution in [0.25, 0.3) is 11.1 Å². The number of hydrogen-bond acceptors (Lipinski definition) is 4. The molecule has 34 heavy (non-hydrogen) atoms. The number of methoxy groups -OCH3 is 2. The Morgan fingerprint density at radius 3 is 2.18 bits per heavy atom. The predicted molar refractivity (Wildman–Crippen MR) is 131 cm³/mol. The zero-order valence-electron chi connectivity index (χ0n) is 19.7. The number of hydrogen-bond donors (Lipinski definition) is 2. The first-order valence-electron chi connectivity index (χ1n) is 11.1. The summed E-state index contributed by atoms with van der Waals surface area (Å²) < 4.78 is 11.2. The molecule has 2 amide bonds. The van der Waals surface area contributed by atoms with Gasteiger partial charge in [-0.25, -0.2) is 4.79 Å². The second kappa shape index (κ2) is 11.7. The van der Waals surface area contributed by atoms with Gasteiger partial charge in [0, 0.05) is 25.2 Å². The van der Waals surface area contributed by atoms with Gasteiger partial charge in [-0.05, 0) is 35.2 Å². The summed E-state index contributed by atoms with van der Waals surface area (Å²) in [6, 6.07) is 20.7. The summed E-state index contributed by atoms with van der Waals surface area (Å²) in [5.41, 5.74) is 3.84. The number of carbonyl (C=O) groups excluding carboxylic acids is 1. The molecule has 0 atom stereocenters. The molecule has 3 rings (SSSR count). The molecule has 0 radical (unpaired) electrons. The lowest BCUT2D eigenvalue weighted by atomic mass is 9.91. The quantitative estimate of drug-likeness (QED) is 0.455. The summed E-state index contributed by atoms with van der Waals surface area (Å²) >= 11 is 0. The van der Waals surface area contributed by atoms with Crippen molar-refractivity contribution in [2.24, 2.45) is 0 Å². The summed E-state index contributed by atoms with van der Waals surface area (Å²) in [4.78, 5) is 26.4. The molecule has 0 aromatic heterocycles. The third-order valence-corrected chi connectivity index (χ3v) is 5.58.